The highest BCUT2D eigenvalue weighted by Gasteiger charge is 2.10. The van der Waals surface area contributed by atoms with Crippen molar-refractivity contribution < 1.29 is 18.0 Å². The quantitative estimate of drug-likeness (QED) is 0.747. The molecule has 0 spiro atoms. The van der Waals surface area contributed by atoms with E-state index in [0.29, 0.717) is 6.54 Å². The number of pyridine rings is 1. The van der Waals surface area contributed by atoms with Gasteiger partial charge >= 0.3 is 0 Å². The maximum Gasteiger partial charge on any atom is 0.274 e. The molecule has 0 fully saturated rings. The van der Waals surface area contributed by atoms with Crippen molar-refractivity contribution in [3.63, 3.8) is 0 Å². The van der Waals surface area contributed by atoms with E-state index in [1.54, 1.807) is 18.4 Å². The van der Waals surface area contributed by atoms with Crippen molar-refractivity contribution in [3.05, 3.63) is 78.0 Å². The number of hydrogen-bond donors (Lipinski definition) is 2. The summed E-state index contributed by atoms with van der Waals surface area (Å²) < 4.78 is 31.2. The lowest BCUT2D eigenvalue weighted by molar-refractivity contribution is 0.102. The highest BCUT2D eigenvalue weighted by Crippen LogP contribution is 2.15. The van der Waals surface area contributed by atoms with Gasteiger partial charge in [0.2, 0.25) is 0 Å². The lowest BCUT2D eigenvalue weighted by Crippen LogP contribution is -2.14. The summed E-state index contributed by atoms with van der Waals surface area (Å²) >= 11 is 0. The fraction of sp³-hybridized carbons (Fsp3) is 0.0588. The van der Waals surface area contributed by atoms with Gasteiger partial charge in [-0.15, -0.1) is 0 Å². The molecule has 0 aliphatic heterocycles. The molecule has 1 aromatic carbocycles. The van der Waals surface area contributed by atoms with Crippen LogP contribution in [0.1, 0.15) is 16.2 Å². The molecule has 0 radical (unpaired) electrons. The van der Waals surface area contributed by atoms with Crippen molar-refractivity contribution in [3.8, 4) is 0 Å². The first-order chi connectivity index (χ1) is 11.6. The van der Waals surface area contributed by atoms with E-state index in [0.717, 1.165) is 23.6 Å². The third kappa shape index (κ3) is 3.75. The molecule has 0 unspecified atom stereocenters. The van der Waals surface area contributed by atoms with E-state index in [4.69, 9.17) is 4.42 Å². The average molecular weight is 329 g/mol. The molecule has 0 saturated heterocycles. The molecule has 3 rings (SSSR count). The summed E-state index contributed by atoms with van der Waals surface area (Å²) in [6.07, 6.45) is 3.09. The van der Waals surface area contributed by atoms with Crippen LogP contribution in [0.25, 0.3) is 0 Å². The van der Waals surface area contributed by atoms with E-state index < -0.39 is 17.5 Å². The van der Waals surface area contributed by atoms with Crippen LogP contribution in [-0.4, -0.2) is 10.9 Å². The summed E-state index contributed by atoms with van der Waals surface area (Å²) in [6.45, 7) is 0.495. The van der Waals surface area contributed by atoms with E-state index in [1.807, 2.05) is 6.07 Å². The zero-order valence-electron chi connectivity index (χ0n) is 12.4. The second-order valence-corrected chi connectivity index (χ2v) is 4.95. The van der Waals surface area contributed by atoms with Crippen LogP contribution in [0.2, 0.25) is 0 Å². The molecule has 24 heavy (non-hydrogen) atoms. The first kappa shape index (κ1) is 15.7. The summed E-state index contributed by atoms with van der Waals surface area (Å²) in [6, 6.07) is 9.98. The number of benzene rings is 1. The Bertz CT molecular complexity index is 834. The maximum atomic E-state index is 13.1. The topological polar surface area (TPSA) is 67.2 Å². The number of halogens is 2. The molecule has 2 N–H and O–H groups in total. The van der Waals surface area contributed by atoms with E-state index in [1.165, 1.54) is 18.3 Å². The van der Waals surface area contributed by atoms with Crippen LogP contribution >= 0.6 is 0 Å². The molecule has 0 bridgehead atoms. The van der Waals surface area contributed by atoms with Gasteiger partial charge in [-0.2, -0.15) is 0 Å². The Morgan fingerprint density at radius 3 is 2.58 bits per heavy atom. The molecule has 0 saturated carbocycles. The van der Waals surface area contributed by atoms with E-state index >= 15 is 0 Å². The van der Waals surface area contributed by atoms with Gasteiger partial charge in [0, 0.05) is 11.8 Å². The minimum absolute atomic E-state index is 0.153. The minimum Gasteiger partial charge on any atom is -0.467 e. The molecule has 1 amide bonds. The molecule has 0 atom stereocenters. The molecule has 0 aliphatic rings. The highest BCUT2D eigenvalue weighted by atomic mass is 19.2. The van der Waals surface area contributed by atoms with Gasteiger partial charge in [0.05, 0.1) is 24.7 Å². The molecule has 3 aromatic rings. The summed E-state index contributed by atoms with van der Waals surface area (Å²) in [5.41, 5.74) is 1.03. The zero-order chi connectivity index (χ0) is 16.9. The standard InChI is InChI=1S/C17H13F2N3O2/c18-14-5-3-11(8-15(14)19)22-17(23)16-6-4-12(9-21-16)20-10-13-2-1-7-24-13/h1-9,20H,10H2,(H,22,23). The Kier molecular flexibility index (Phi) is 4.51. The number of nitrogens with one attached hydrogen (secondary N) is 2. The van der Waals surface area contributed by atoms with Gasteiger partial charge in [-0.3, -0.25) is 4.79 Å². The lowest BCUT2D eigenvalue weighted by Gasteiger charge is -2.07. The third-order valence-electron chi connectivity index (χ3n) is 3.22. The first-order valence-corrected chi connectivity index (χ1v) is 7.10. The van der Waals surface area contributed by atoms with Crippen LogP contribution in [0.5, 0.6) is 0 Å². The van der Waals surface area contributed by atoms with Crippen LogP contribution in [0.3, 0.4) is 0 Å². The van der Waals surface area contributed by atoms with Gasteiger partial charge in [-0.25, -0.2) is 13.8 Å². The predicted octanol–water partition coefficient (Wildman–Crippen LogP) is 3.82. The molecule has 0 aliphatic carbocycles. The average Bonchev–Trinajstić information content (AvgIpc) is 3.10. The number of aromatic nitrogens is 1. The van der Waals surface area contributed by atoms with Gasteiger partial charge in [0.15, 0.2) is 11.6 Å². The van der Waals surface area contributed by atoms with E-state index in [2.05, 4.69) is 15.6 Å². The highest BCUT2D eigenvalue weighted by molar-refractivity contribution is 6.02. The number of furan rings is 1. The monoisotopic (exact) mass is 329 g/mol. The summed E-state index contributed by atoms with van der Waals surface area (Å²) in [5, 5.41) is 5.55. The first-order valence-electron chi connectivity index (χ1n) is 7.10. The number of amides is 1. The Morgan fingerprint density at radius 1 is 1.08 bits per heavy atom. The lowest BCUT2D eigenvalue weighted by atomic mass is 10.2. The molecule has 2 aromatic heterocycles. The van der Waals surface area contributed by atoms with Gasteiger partial charge in [0.25, 0.3) is 5.91 Å². The molecular formula is C17H13F2N3O2. The Morgan fingerprint density at radius 2 is 1.92 bits per heavy atom. The number of hydrogen-bond acceptors (Lipinski definition) is 4. The number of carbonyl (C=O) groups is 1. The third-order valence-corrected chi connectivity index (χ3v) is 3.22. The van der Waals surface area contributed by atoms with Gasteiger partial charge in [0.1, 0.15) is 11.5 Å². The second kappa shape index (κ2) is 6.91. The van der Waals surface area contributed by atoms with Gasteiger partial charge in [-0.1, -0.05) is 0 Å². The Balaban J connectivity index is 1.61. The smallest absolute Gasteiger partial charge is 0.274 e. The molecule has 2 heterocycles. The maximum absolute atomic E-state index is 13.1. The second-order valence-electron chi connectivity index (χ2n) is 4.95. The summed E-state index contributed by atoms with van der Waals surface area (Å²) in [4.78, 5) is 16.1. The van der Waals surface area contributed by atoms with Crippen molar-refractivity contribution in [1.82, 2.24) is 4.98 Å². The van der Waals surface area contributed by atoms with Crippen molar-refractivity contribution in [1.29, 1.82) is 0 Å². The zero-order valence-corrected chi connectivity index (χ0v) is 12.4. The fourth-order valence-electron chi connectivity index (χ4n) is 2.00. The summed E-state index contributed by atoms with van der Waals surface area (Å²) in [7, 11) is 0. The van der Waals surface area contributed by atoms with Gasteiger partial charge < -0.3 is 15.1 Å². The number of carbonyl (C=O) groups excluding carboxylic acids is 1. The molecular weight excluding hydrogens is 316 g/mol. The minimum atomic E-state index is -1.03. The van der Waals surface area contributed by atoms with E-state index in [-0.39, 0.29) is 11.4 Å². The van der Waals surface area contributed by atoms with Crippen LogP contribution in [0.15, 0.2) is 59.3 Å². The van der Waals surface area contributed by atoms with Crippen LogP contribution in [-0.2, 0) is 6.54 Å². The molecule has 7 heteroatoms. The van der Waals surface area contributed by atoms with Crippen molar-refractivity contribution in [2.75, 3.05) is 10.6 Å². The van der Waals surface area contributed by atoms with Crippen LogP contribution in [0, 0.1) is 11.6 Å². The number of rotatable bonds is 5. The van der Waals surface area contributed by atoms with Gasteiger partial charge in [-0.05, 0) is 36.4 Å². The van der Waals surface area contributed by atoms with Crippen LogP contribution in [0.4, 0.5) is 20.2 Å². The fourth-order valence-corrected chi connectivity index (χ4v) is 2.00. The SMILES string of the molecule is O=C(Nc1ccc(F)c(F)c1)c1ccc(NCc2ccco2)cn1. The van der Waals surface area contributed by atoms with Crippen LogP contribution < -0.4 is 10.6 Å². The number of nitrogens with zero attached hydrogens (tertiary/aromatic N) is 1. The van der Waals surface area contributed by atoms with Crippen molar-refractivity contribution in [2.45, 2.75) is 6.54 Å². The van der Waals surface area contributed by atoms with Crippen molar-refractivity contribution >= 4 is 17.3 Å². The normalized spacial score (nSPS) is 10.4. The Labute approximate surface area is 136 Å². The molecule has 122 valence electrons. The predicted molar refractivity (Wildman–Crippen MR) is 84.6 cm³/mol. The van der Waals surface area contributed by atoms with Crippen molar-refractivity contribution in [2.24, 2.45) is 0 Å². The largest absolute Gasteiger partial charge is 0.467 e. The Hall–Kier alpha value is -3.22. The molecule has 5 nitrogen and oxygen atoms in total. The summed E-state index contributed by atoms with van der Waals surface area (Å²) in [5.74, 6) is -1.75. The number of anilines is 2. The van der Waals surface area contributed by atoms with E-state index in [9.17, 15) is 13.6 Å².